The molecule has 0 amide bonds. The molecule has 0 spiro atoms. The zero-order valence-corrected chi connectivity index (χ0v) is 16.2. The maximum Gasteiger partial charge on any atom is 0.155 e. The van der Waals surface area contributed by atoms with Crippen molar-refractivity contribution in [1.82, 2.24) is 4.90 Å². The van der Waals surface area contributed by atoms with E-state index in [1.165, 1.54) is 34.7 Å². The van der Waals surface area contributed by atoms with E-state index < -0.39 is 0 Å². The molecule has 1 saturated heterocycles. The summed E-state index contributed by atoms with van der Waals surface area (Å²) in [5, 5.41) is 1.96. The normalized spacial score (nSPS) is 18.9. The second kappa shape index (κ2) is 6.95. The summed E-state index contributed by atoms with van der Waals surface area (Å²) < 4.78 is 0. The molecule has 5 rings (SSSR count). The van der Waals surface area contributed by atoms with Crippen molar-refractivity contribution in [2.24, 2.45) is 0 Å². The van der Waals surface area contributed by atoms with Gasteiger partial charge in [0.2, 0.25) is 0 Å². The van der Waals surface area contributed by atoms with Crippen LogP contribution in [-0.4, -0.2) is 18.5 Å². The van der Waals surface area contributed by atoms with E-state index in [1.807, 2.05) is 5.06 Å². The van der Waals surface area contributed by atoms with E-state index in [-0.39, 0.29) is 0 Å². The molecule has 2 aliphatic rings. The summed E-state index contributed by atoms with van der Waals surface area (Å²) in [6.07, 6.45) is 2.51. The maximum atomic E-state index is 6.36. The van der Waals surface area contributed by atoms with Crippen LogP contribution in [0.15, 0.2) is 82.6 Å². The summed E-state index contributed by atoms with van der Waals surface area (Å²) in [5.74, 6) is 0.857. The highest BCUT2D eigenvalue weighted by atomic mass is 32.2. The Morgan fingerprint density at radius 1 is 0.852 bits per heavy atom. The number of likely N-dealkylation sites (tertiary alicyclic amines) is 1. The minimum atomic E-state index is 0.534. The van der Waals surface area contributed by atoms with Crippen molar-refractivity contribution in [3.05, 3.63) is 78.4 Å². The van der Waals surface area contributed by atoms with Gasteiger partial charge in [0.15, 0.2) is 5.75 Å². The molecule has 4 heteroatoms. The Labute approximate surface area is 164 Å². The first-order valence-electron chi connectivity index (χ1n) is 9.44. The van der Waals surface area contributed by atoms with Crippen molar-refractivity contribution in [3.8, 4) is 5.75 Å². The van der Waals surface area contributed by atoms with Gasteiger partial charge in [-0.15, -0.1) is 0 Å². The summed E-state index contributed by atoms with van der Waals surface area (Å²) >= 11 is 1.79. The van der Waals surface area contributed by atoms with Gasteiger partial charge in [0.05, 0.1) is 11.4 Å². The molecule has 2 heterocycles. The number of fused-ring (bicyclic) bond motifs is 2. The lowest BCUT2D eigenvalue weighted by Gasteiger charge is -2.31. The molecule has 136 valence electrons. The van der Waals surface area contributed by atoms with E-state index in [4.69, 9.17) is 4.84 Å². The maximum absolute atomic E-state index is 6.36. The van der Waals surface area contributed by atoms with Gasteiger partial charge in [0, 0.05) is 15.8 Å². The van der Waals surface area contributed by atoms with Crippen molar-refractivity contribution >= 4 is 23.1 Å². The summed E-state index contributed by atoms with van der Waals surface area (Å²) in [6, 6.07) is 25.9. The highest BCUT2D eigenvalue weighted by Crippen LogP contribution is 2.48. The van der Waals surface area contributed by atoms with Gasteiger partial charge >= 0.3 is 0 Å². The average molecular weight is 375 g/mol. The number of rotatable bonds is 3. The SMILES string of the molecule is CN1CCCC1c1ccc(ON2c3ccccc3Sc3ccccc32)cc1. The Balaban J connectivity index is 1.45. The van der Waals surface area contributed by atoms with Crippen molar-refractivity contribution in [2.75, 3.05) is 18.7 Å². The van der Waals surface area contributed by atoms with Gasteiger partial charge in [0.25, 0.3) is 0 Å². The zero-order chi connectivity index (χ0) is 18.2. The monoisotopic (exact) mass is 374 g/mol. The summed E-state index contributed by atoms with van der Waals surface area (Å²) in [4.78, 5) is 11.2. The van der Waals surface area contributed by atoms with E-state index in [0.717, 1.165) is 17.1 Å². The summed E-state index contributed by atoms with van der Waals surface area (Å²) in [7, 11) is 2.21. The van der Waals surface area contributed by atoms with Crippen LogP contribution in [0.4, 0.5) is 11.4 Å². The van der Waals surface area contributed by atoms with Crippen molar-refractivity contribution in [1.29, 1.82) is 0 Å². The Morgan fingerprint density at radius 2 is 1.48 bits per heavy atom. The molecule has 0 saturated carbocycles. The third-order valence-electron chi connectivity index (χ3n) is 5.37. The van der Waals surface area contributed by atoms with Crippen molar-refractivity contribution in [2.45, 2.75) is 28.7 Å². The lowest BCUT2D eigenvalue weighted by atomic mass is 10.0. The zero-order valence-electron chi connectivity index (χ0n) is 15.3. The van der Waals surface area contributed by atoms with Crippen molar-refractivity contribution < 1.29 is 4.84 Å². The molecule has 3 aromatic rings. The first kappa shape index (κ1) is 16.7. The van der Waals surface area contributed by atoms with Gasteiger partial charge in [-0.3, -0.25) is 4.90 Å². The molecule has 0 aliphatic carbocycles. The molecule has 0 bridgehead atoms. The lowest BCUT2D eigenvalue weighted by Crippen LogP contribution is -2.24. The molecule has 1 fully saturated rings. The van der Waals surface area contributed by atoms with Gasteiger partial charge in [0.1, 0.15) is 0 Å². The van der Waals surface area contributed by atoms with Gasteiger partial charge in [-0.05, 0) is 68.4 Å². The minimum Gasteiger partial charge on any atom is -0.375 e. The molecular weight excluding hydrogens is 352 g/mol. The van der Waals surface area contributed by atoms with Crippen LogP contribution in [0.5, 0.6) is 5.75 Å². The number of anilines is 2. The second-order valence-corrected chi connectivity index (χ2v) is 8.21. The number of hydrogen-bond donors (Lipinski definition) is 0. The van der Waals surface area contributed by atoms with Gasteiger partial charge in [-0.1, -0.05) is 48.2 Å². The van der Waals surface area contributed by atoms with Crippen LogP contribution in [0.2, 0.25) is 0 Å². The van der Waals surface area contributed by atoms with E-state index in [2.05, 4.69) is 84.7 Å². The van der Waals surface area contributed by atoms with Crippen molar-refractivity contribution in [3.63, 3.8) is 0 Å². The van der Waals surface area contributed by atoms with Crippen LogP contribution in [0.3, 0.4) is 0 Å². The fourth-order valence-corrected chi connectivity index (χ4v) is 5.00. The second-order valence-electron chi connectivity index (χ2n) is 7.13. The van der Waals surface area contributed by atoms with Crippen LogP contribution in [0.25, 0.3) is 0 Å². The molecule has 0 radical (unpaired) electrons. The van der Waals surface area contributed by atoms with E-state index >= 15 is 0 Å². The van der Waals surface area contributed by atoms with Gasteiger partial charge in [-0.25, -0.2) is 0 Å². The number of benzene rings is 3. The number of para-hydroxylation sites is 2. The average Bonchev–Trinajstić information content (AvgIpc) is 3.14. The topological polar surface area (TPSA) is 15.7 Å². The van der Waals surface area contributed by atoms with E-state index in [0.29, 0.717) is 6.04 Å². The van der Waals surface area contributed by atoms with Crippen LogP contribution in [0.1, 0.15) is 24.4 Å². The van der Waals surface area contributed by atoms with Gasteiger partial charge < -0.3 is 4.84 Å². The van der Waals surface area contributed by atoms with Crippen LogP contribution >= 0.6 is 11.8 Å². The third-order valence-corrected chi connectivity index (χ3v) is 6.50. The number of hydrogen-bond acceptors (Lipinski definition) is 4. The quantitative estimate of drug-likeness (QED) is 0.554. The first-order chi connectivity index (χ1) is 13.3. The van der Waals surface area contributed by atoms with E-state index in [1.54, 1.807) is 11.8 Å². The summed E-state index contributed by atoms with van der Waals surface area (Å²) in [5.41, 5.74) is 3.54. The predicted octanol–water partition coefficient (Wildman–Crippen LogP) is 6.05. The molecule has 3 nitrogen and oxygen atoms in total. The Kier molecular flexibility index (Phi) is 4.30. The Bertz CT molecular complexity index is 911. The highest BCUT2D eigenvalue weighted by Gasteiger charge is 2.25. The molecule has 0 N–H and O–H groups in total. The minimum absolute atomic E-state index is 0.534. The lowest BCUT2D eigenvalue weighted by molar-refractivity contribution is 0.312. The molecule has 27 heavy (non-hydrogen) atoms. The summed E-state index contributed by atoms with van der Waals surface area (Å²) in [6.45, 7) is 1.18. The fourth-order valence-electron chi connectivity index (χ4n) is 3.96. The largest absolute Gasteiger partial charge is 0.375 e. The fraction of sp³-hybridized carbons (Fsp3) is 0.217. The Morgan fingerprint density at radius 3 is 2.07 bits per heavy atom. The Hall–Kier alpha value is -2.43. The van der Waals surface area contributed by atoms with Crippen LogP contribution in [0, 0.1) is 0 Å². The standard InChI is InChI=1S/C23H22N2OS/c1-24-16-6-9-19(24)17-12-14-18(15-13-17)26-25-20-7-2-4-10-22(20)27-23-11-5-3-8-21(23)25/h2-5,7-8,10-15,19H,6,9,16H2,1H3. The molecule has 2 aliphatic heterocycles. The third kappa shape index (κ3) is 3.09. The molecular formula is C23H22N2OS. The molecule has 1 atom stereocenters. The number of nitrogens with zero attached hydrogens (tertiary/aromatic N) is 2. The van der Waals surface area contributed by atoms with Crippen LogP contribution < -0.4 is 9.90 Å². The van der Waals surface area contributed by atoms with Gasteiger partial charge in [-0.2, -0.15) is 5.06 Å². The molecule has 3 aromatic carbocycles. The molecule has 1 unspecified atom stereocenters. The predicted molar refractivity (Wildman–Crippen MR) is 111 cm³/mol. The van der Waals surface area contributed by atoms with Crippen LogP contribution in [-0.2, 0) is 0 Å². The smallest absolute Gasteiger partial charge is 0.155 e. The first-order valence-corrected chi connectivity index (χ1v) is 10.3. The highest BCUT2D eigenvalue weighted by molar-refractivity contribution is 7.99. The van der Waals surface area contributed by atoms with E-state index in [9.17, 15) is 0 Å². The molecule has 0 aromatic heterocycles.